The van der Waals surface area contributed by atoms with Crippen molar-refractivity contribution in [2.75, 3.05) is 0 Å². The fourth-order valence-electron chi connectivity index (χ4n) is 7.41. The number of rotatable bonds is 6. The van der Waals surface area contributed by atoms with Gasteiger partial charge in [-0.1, -0.05) is 152 Å². The highest BCUT2D eigenvalue weighted by atomic mass is 32.1. The van der Waals surface area contributed by atoms with Crippen LogP contribution >= 0.6 is 11.3 Å². The molecule has 248 valence electrons. The summed E-state index contributed by atoms with van der Waals surface area (Å²) in [4.78, 5) is 10.3. The minimum atomic E-state index is 0.706. The molecule has 10 rings (SSSR count). The highest BCUT2D eigenvalue weighted by Gasteiger charge is 2.16. The Balaban J connectivity index is 1.21. The van der Waals surface area contributed by atoms with E-state index in [-0.39, 0.29) is 0 Å². The fraction of sp³-hybridized carbons (Fsp3) is 0. The molecule has 3 heteroatoms. The van der Waals surface area contributed by atoms with E-state index >= 15 is 0 Å². The summed E-state index contributed by atoms with van der Waals surface area (Å²) >= 11 is 1.85. The number of thiophene rings is 1. The van der Waals surface area contributed by atoms with Gasteiger partial charge in [-0.2, -0.15) is 0 Å². The third-order valence-electron chi connectivity index (χ3n) is 10.1. The number of benzene rings is 8. The first-order valence-corrected chi connectivity index (χ1v) is 18.7. The summed E-state index contributed by atoms with van der Waals surface area (Å²) < 4.78 is 2.59. The lowest BCUT2D eigenvalue weighted by molar-refractivity contribution is 1.18. The molecule has 8 aromatic carbocycles. The van der Waals surface area contributed by atoms with Crippen LogP contribution in [0.25, 0.3) is 98.2 Å². The van der Waals surface area contributed by atoms with Crippen LogP contribution in [0.15, 0.2) is 194 Å². The maximum Gasteiger partial charge on any atom is 0.160 e. The summed E-state index contributed by atoms with van der Waals surface area (Å²) in [6.07, 6.45) is 0. The van der Waals surface area contributed by atoms with Crippen LogP contribution < -0.4 is 0 Å². The molecule has 0 bridgehead atoms. The Hall–Kier alpha value is -6.68. The van der Waals surface area contributed by atoms with E-state index in [0.29, 0.717) is 5.82 Å². The molecule has 0 spiro atoms. The largest absolute Gasteiger partial charge is 0.228 e. The van der Waals surface area contributed by atoms with E-state index in [4.69, 9.17) is 9.97 Å². The van der Waals surface area contributed by atoms with Crippen LogP contribution in [0, 0.1) is 0 Å². The molecule has 53 heavy (non-hydrogen) atoms. The van der Waals surface area contributed by atoms with Crippen molar-refractivity contribution in [1.29, 1.82) is 0 Å². The Labute approximate surface area is 312 Å². The topological polar surface area (TPSA) is 25.8 Å². The molecule has 0 amide bonds. The Morgan fingerprint density at radius 2 is 0.887 bits per heavy atom. The molecule has 0 fully saturated rings. The number of nitrogens with zero attached hydrogens (tertiary/aromatic N) is 2. The molecule has 0 radical (unpaired) electrons. The molecule has 0 aliphatic rings. The monoisotopic (exact) mass is 692 g/mol. The predicted octanol–water partition coefficient (Wildman–Crippen LogP) is 14.0. The Bertz CT molecular complexity index is 2890. The van der Waals surface area contributed by atoms with Gasteiger partial charge in [0.15, 0.2) is 5.82 Å². The highest BCUT2D eigenvalue weighted by molar-refractivity contribution is 7.25. The average molecular weight is 693 g/mol. The lowest BCUT2D eigenvalue weighted by Gasteiger charge is -2.16. The van der Waals surface area contributed by atoms with Crippen molar-refractivity contribution in [2.45, 2.75) is 0 Å². The van der Waals surface area contributed by atoms with Crippen molar-refractivity contribution in [3.63, 3.8) is 0 Å². The summed E-state index contributed by atoms with van der Waals surface area (Å²) in [6.45, 7) is 0. The molecule has 0 unspecified atom stereocenters. The van der Waals surface area contributed by atoms with Gasteiger partial charge in [-0.05, 0) is 86.6 Å². The van der Waals surface area contributed by atoms with E-state index < -0.39 is 0 Å². The molecular formula is C50H32N2S. The normalized spacial score (nSPS) is 11.4. The molecule has 0 aliphatic carbocycles. The molecule has 10 aromatic rings. The molecule has 2 heterocycles. The van der Waals surface area contributed by atoms with Crippen molar-refractivity contribution in [3.05, 3.63) is 194 Å². The van der Waals surface area contributed by atoms with Gasteiger partial charge in [-0.3, -0.25) is 0 Å². The first-order valence-electron chi connectivity index (χ1n) is 17.9. The van der Waals surface area contributed by atoms with Gasteiger partial charge in [0.1, 0.15) is 0 Å². The van der Waals surface area contributed by atoms with Crippen molar-refractivity contribution in [1.82, 2.24) is 9.97 Å². The van der Waals surface area contributed by atoms with E-state index in [9.17, 15) is 0 Å². The quantitative estimate of drug-likeness (QED) is 0.173. The van der Waals surface area contributed by atoms with Crippen molar-refractivity contribution >= 4 is 42.3 Å². The van der Waals surface area contributed by atoms with Crippen LogP contribution in [0.4, 0.5) is 0 Å². The summed E-state index contributed by atoms with van der Waals surface area (Å²) in [7, 11) is 0. The average Bonchev–Trinajstić information content (AvgIpc) is 3.62. The fourth-order valence-corrected chi connectivity index (χ4v) is 8.56. The molecule has 2 nitrogen and oxygen atoms in total. The zero-order valence-corrected chi connectivity index (χ0v) is 29.6. The minimum absolute atomic E-state index is 0.706. The van der Waals surface area contributed by atoms with Gasteiger partial charge in [0.2, 0.25) is 0 Å². The van der Waals surface area contributed by atoms with Gasteiger partial charge in [-0.25, -0.2) is 9.97 Å². The van der Waals surface area contributed by atoms with Crippen LogP contribution in [-0.4, -0.2) is 9.97 Å². The van der Waals surface area contributed by atoms with Crippen LogP contribution in [0.2, 0.25) is 0 Å². The summed E-state index contributed by atoms with van der Waals surface area (Å²) in [5, 5.41) is 5.07. The number of hydrogen-bond acceptors (Lipinski definition) is 3. The van der Waals surface area contributed by atoms with Crippen LogP contribution in [0.3, 0.4) is 0 Å². The lowest BCUT2D eigenvalue weighted by Crippen LogP contribution is -1.96. The van der Waals surface area contributed by atoms with Crippen LogP contribution in [-0.2, 0) is 0 Å². The zero-order valence-electron chi connectivity index (χ0n) is 28.8. The summed E-state index contributed by atoms with van der Waals surface area (Å²) in [5.74, 6) is 0.706. The lowest BCUT2D eigenvalue weighted by atomic mass is 9.89. The highest BCUT2D eigenvalue weighted by Crippen LogP contribution is 2.41. The molecule has 0 N–H and O–H groups in total. The molecular weight excluding hydrogens is 661 g/mol. The predicted molar refractivity (Wildman–Crippen MR) is 225 cm³/mol. The van der Waals surface area contributed by atoms with Crippen LogP contribution in [0.1, 0.15) is 0 Å². The Kier molecular flexibility index (Phi) is 7.71. The Morgan fingerprint density at radius 3 is 1.70 bits per heavy atom. The van der Waals surface area contributed by atoms with Crippen molar-refractivity contribution in [3.8, 4) is 67.3 Å². The SMILES string of the molecule is c1ccc(-c2cc(-c3cc(-c4ccc5c(c4)sc4ccccc45)cc(-c4ccccc4-c4ccc5ccccc5c4)c3)nc(-c3ccccc3)n2)cc1. The number of fused-ring (bicyclic) bond motifs is 4. The van der Waals surface area contributed by atoms with E-state index in [1.54, 1.807) is 0 Å². The van der Waals surface area contributed by atoms with Gasteiger partial charge in [0.25, 0.3) is 0 Å². The molecule has 0 atom stereocenters. The van der Waals surface area contributed by atoms with Crippen LogP contribution in [0.5, 0.6) is 0 Å². The molecule has 0 aliphatic heterocycles. The summed E-state index contributed by atoms with van der Waals surface area (Å²) in [6, 6.07) is 69.4. The second-order valence-electron chi connectivity index (χ2n) is 13.4. The van der Waals surface area contributed by atoms with Gasteiger partial charge in [0, 0.05) is 36.9 Å². The van der Waals surface area contributed by atoms with E-state index in [1.165, 1.54) is 53.2 Å². The smallest absolute Gasteiger partial charge is 0.160 e. The Morgan fingerprint density at radius 1 is 0.302 bits per heavy atom. The van der Waals surface area contributed by atoms with E-state index in [1.807, 2.05) is 35.6 Å². The minimum Gasteiger partial charge on any atom is -0.228 e. The zero-order chi connectivity index (χ0) is 35.1. The second-order valence-corrected chi connectivity index (χ2v) is 14.5. The van der Waals surface area contributed by atoms with Crippen molar-refractivity contribution in [2.24, 2.45) is 0 Å². The maximum atomic E-state index is 5.25. The number of hydrogen-bond donors (Lipinski definition) is 0. The third kappa shape index (κ3) is 5.87. The van der Waals surface area contributed by atoms with Crippen molar-refractivity contribution < 1.29 is 0 Å². The first kappa shape index (κ1) is 31.1. The van der Waals surface area contributed by atoms with Gasteiger partial charge >= 0.3 is 0 Å². The first-order chi connectivity index (χ1) is 26.2. The van der Waals surface area contributed by atoms with E-state index in [2.05, 4.69) is 170 Å². The molecule has 0 saturated carbocycles. The third-order valence-corrected chi connectivity index (χ3v) is 11.2. The maximum absolute atomic E-state index is 5.25. The number of aromatic nitrogens is 2. The van der Waals surface area contributed by atoms with Gasteiger partial charge in [-0.15, -0.1) is 11.3 Å². The van der Waals surface area contributed by atoms with Gasteiger partial charge in [0.05, 0.1) is 11.4 Å². The summed E-state index contributed by atoms with van der Waals surface area (Å²) in [5.41, 5.74) is 11.9. The standard InChI is InChI=1S/C50H32N2S/c1-3-14-34(15-4-1)46-32-47(52-50(51-46)35-16-5-2-6-17-35)41-29-39(37-25-26-45-44-21-11-12-22-48(44)53-49(45)31-37)28-40(30-41)43-20-10-9-19-42(43)38-24-23-33-13-7-8-18-36(33)27-38/h1-32H. The molecule has 0 saturated heterocycles. The molecule has 2 aromatic heterocycles. The van der Waals surface area contributed by atoms with E-state index in [0.717, 1.165) is 39.2 Å². The van der Waals surface area contributed by atoms with Gasteiger partial charge < -0.3 is 0 Å². The second kappa shape index (κ2) is 13.1.